The van der Waals surface area contributed by atoms with Crippen molar-refractivity contribution < 1.29 is 9.59 Å². The van der Waals surface area contributed by atoms with Crippen LogP contribution in [0.4, 0.5) is 0 Å². The van der Waals surface area contributed by atoms with E-state index in [1.165, 1.54) is 0 Å². The van der Waals surface area contributed by atoms with E-state index in [4.69, 9.17) is 0 Å². The van der Waals surface area contributed by atoms with Gasteiger partial charge in [0, 0.05) is 31.7 Å². The van der Waals surface area contributed by atoms with Crippen molar-refractivity contribution in [2.24, 2.45) is 5.92 Å². The number of nitrogens with zero attached hydrogens (tertiary/aromatic N) is 3. The molecule has 1 aliphatic heterocycles. The molecule has 0 bridgehead atoms. The lowest BCUT2D eigenvalue weighted by Crippen LogP contribution is -2.41. The highest BCUT2D eigenvalue weighted by Crippen LogP contribution is 2.23. The summed E-state index contributed by atoms with van der Waals surface area (Å²) in [7, 11) is 0. The second-order valence-electron chi connectivity index (χ2n) is 7.04. The van der Waals surface area contributed by atoms with Crippen LogP contribution >= 0.6 is 0 Å². The zero-order chi connectivity index (χ0) is 18.5. The lowest BCUT2D eigenvalue weighted by atomic mass is 10.1. The highest BCUT2D eigenvalue weighted by molar-refractivity contribution is 5.89. The summed E-state index contributed by atoms with van der Waals surface area (Å²) < 4.78 is 0. The number of aromatic nitrogens is 1. The fourth-order valence-electron chi connectivity index (χ4n) is 3.31. The molecular weight excluding hydrogens is 326 g/mol. The summed E-state index contributed by atoms with van der Waals surface area (Å²) in [6.07, 6.45) is 2.00. The Morgan fingerprint density at radius 2 is 1.92 bits per heavy atom. The highest BCUT2D eigenvalue weighted by Gasteiger charge is 2.37. The van der Waals surface area contributed by atoms with Gasteiger partial charge in [0.05, 0.1) is 18.2 Å². The number of amides is 2. The fraction of sp³-hybridized carbons (Fsp3) is 0.381. The lowest BCUT2D eigenvalue weighted by Gasteiger charge is -2.29. The molecule has 26 heavy (non-hydrogen) atoms. The second-order valence-corrected chi connectivity index (χ2v) is 7.04. The van der Waals surface area contributed by atoms with Crippen LogP contribution in [0.5, 0.6) is 0 Å². The third-order valence-electron chi connectivity index (χ3n) is 4.74. The number of likely N-dealkylation sites (tertiary alicyclic amines) is 1. The third-order valence-corrected chi connectivity index (χ3v) is 4.74. The van der Waals surface area contributed by atoms with Crippen molar-refractivity contribution in [3.63, 3.8) is 0 Å². The van der Waals surface area contributed by atoms with Gasteiger partial charge >= 0.3 is 0 Å². The second kappa shape index (κ2) is 8.13. The maximum atomic E-state index is 13.1. The molecule has 5 heteroatoms. The number of pyridine rings is 1. The first-order valence-electron chi connectivity index (χ1n) is 9.06. The Kier molecular flexibility index (Phi) is 5.66. The van der Waals surface area contributed by atoms with Crippen LogP contribution in [0, 0.1) is 5.92 Å². The molecule has 2 amide bonds. The van der Waals surface area contributed by atoms with Crippen molar-refractivity contribution in [3.8, 4) is 0 Å². The van der Waals surface area contributed by atoms with E-state index >= 15 is 0 Å². The molecule has 2 aromatic rings. The smallest absolute Gasteiger partial charge is 0.228 e. The van der Waals surface area contributed by atoms with Gasteiger partial charge in [-0.05, 0) is 31.5 Å². The minimum absolute atomic E-state index is 0.0254. The van der Waals surface area contributed by atoms with Crippen molar-refractivity contribution in [1.29, 1.82) is 0 Å². The number of benzene rings is 1. The highest BCUT2D eigenvalue weighted by atomic mass is 16.2. The summed E-state index contributed by atoms with van der Waals surface area (Å²) in [6, 6.07) is 15.7. The van der Waals surface area contributed by atoms with Gasteiger partial charge in [0.2, 0.25) is 11.8 Å². The molecule has 1 aliphatic rings. The van der Waals surface area contributed by atoms with E-state index < -0.39 is 0 Å². The van der Waals surface area contributed by atoms with Crippen LogP contribution in [0.25, 0.3) is 0 Å². The molecule has 0 radical (unpaired) electrons. The fourth-order valence-corrected chi connectivity index (χ4v) is 3.31. The predicted molar refractivity (Wildman–Crippen MR) is 99.9 cm³/mol. The molecule has 136 valence electrons. The monoisotopic (exact) mass is 351 g/mol. The largest absolute Gasteiger partial charge is 0.336 e. The topological polar surface area (TPSA) is 53.5 Å². The SMILES string of the molecule is CC(C)N(Cc1ccccc1)C(=O)C1CC(=O)N(Cc2ccccn2)C1. The molecule has 1 saturated heterocycles. The van der Waals surface area contributed by atoms with E-state index in [1.807, 2.05) is 67.3 Å². The van der Waals surface area contributed by atoms with Gasteiger partial charge in [-0.25, -0.2) is 0 Å². The Morgan fingerprint density at radius 1 is 1.19 bits per heavy atom. The maximum absolute atomic E-state index is 13.1. The standard InChI is InChI=1S/C21H25N3O2/c1-16(2)24(13-17-8-4-3-5-9-17)21(26)18-12-20(25)23(14-18)15-19-10-6-7-11-22-19/h3-11,16,18H,12-15H2,1-2H3. The molecule has 0 spiro atoms. The van der Waals surface area contributed by atoms with E-state index in [0.717, 1.165) is 11.3 Å². The number of carbonyl (C=O) groups is 2. The molecule has 0 N–H and O–H groups in total. The van der Waals surface area contributed by atoms with Gasteiger partial charge in [-0.1, -0.05) is 36.4 Å². The van der Waals surface area contributed by atoms with Gasteiger partial charge in [0.15, 0.2) is 0 Å². The summed E-state index contributed by atoms with van der Waals surface area (Å²) in [4.78, 5) is 33.3. The van der Waals surface area contributed by atoms with Crippen molar-refractivity contribution in [3.05, 3.63) is 66.0 Å². The van der Waals surface area contributed by atoms with Crippen LogP contribution in [0.1, 0.15) is 31.5 Å². The molecule has 1 atom stereocenters. The molecule has 5 nitrogen and oxygen atoms in total. The number of hydrogen-bond donors (Lipinski definition) is 0. The molecule has 1 fully saturated rings. The summed E-state index contributed by atoms with van der Waals surface area (Å²) in [5, 5.41) is 0. The summed E-state index contributed by atoms with van der Waals surface area (Å²) in [5.41, 5.74) is 1.95. The number of hydrogen-bond acceptors (Lipinski definition) is 3. The molecule has 3 rings (SSSR count). The van der Waals surface area contributed by atoms with Crippen molar-refractivity contribution in [1.82, 2.24) is 14.8 Å². The van der Waals surface area contributed by atoms with Gasteiger partial charge in [-0.15, -0.1) is 0 Å². The molecule has 1 aromatic carbocycles. The summed E-state index contributed by atoms with van der Waals surface area (Å²) in [5.74, 6) is -0.199. The lowest BCUT2D eigenvalue weighted by molar-refractivity contribution is -0.138. The molecule has 0 aliphatic carbocycles. The Hall–Kier alpha value is -2.69. The Labute approximate surface area is 154 Å². The van der Waals surface area contributed by atoms with E-state index in [1.54, 1.807) is 11.1 Å². The van der Waals surface area contributed by atoms with E-state index in [-0.39, 0.29) is 30.2 Å². The van der Waals surface area contributed by atoms with Crippen LogP contribution in [-0.2, 0) is 22.7 Å². The third kappa shape index (κ3) is 4.28. The van der Waals surface area contributed by atoms with Gasteiger partial charge in [0.1, 0.15) is 0 Å². The van der Waals surface area contributed by atoms with Crippen LogP contribution in [0.2, 0.25) is 0 Å². The Balaban J connectivity index is 1.67. The maximum Gasteiger partial charge on any atom is 0.228 e. The van der Waals surface area contributed by atoms with Crippen LogP contribution < -0.4 is 0 Å². The van der Waals surface area contributed by atoms with Gasteiger partial charge in [-0.3, -0.25) is 14.6 Å². The van der Waals surface area contributed by atoms with E-state index in [0.29, 0.717) is 19.6 Å². The van der Waals surface area contributed by atoms with Crippen molar-refractivity contribution in [2.45, 2.75) is 39.4 Å². The average Bonchev–Trinajstić information content (AvgIpc) is 3.01. The van der Waals surface area contributed by atoms with Crippen LogP contribution in [0.15, 0.2) is 54.7 Å². The first-order valence-corrected chi connectivity index (χ1v) is 9.06. The normalized spacial score (nSPS) is 17.0. The number of carbonyl (C=O) groups excluding carboxylic acids is 2. The first-order chi connectivity index (χ1) is 12.5. The zero-order valence-electron chi connectivity index (χ0n) is 15.3. The predicted octanol–water partition coefficient (Wildman–Crippen LogP) is 2.87. The molecule has 2 heterocycles. The zero-order valence-corrected chi connectivity index (χ0v) is 15.3. The molecular formula is C21H25N3O2. The van der Waals surface area contributed by atoms with Crippen LogP contribution in [0.3, 0.4) is 0 Å². The summed E-state index contributed by atoms with van der Waals surface area (Å²) in [6.45, 7) is 5.53. The molecule has 0 saturated carbocycles. The Morgan fingerprint density at radius 3 is 2.58 bits per heavy atom. The minimum atomic E-state index is -0.280. The molecule has 1 unspecified atom stereocenters. The minimum Gasteiger partial charge on any atom is -0.336 e. The Bertz CT molecular complexity index is 746. The van der Waals surface area contributed by atoms with Crippen molar-refractivity contribution in [2.75, 3.05) is 6.54 Å². The van der Waals surface area contributed by atoms with Gasteiger partial charge in [0.25, 0.3) is 0 Å². The first kappa shape index (κ1) is 18.1. The van der Waals surface area contributed by atoms with Crippen molar-refractivity contribution >= 4 is 11.8 Å². The van der Waals surface area contributed by atoms with E-state index in [2.05, 4.69) is 4.98 Å². The number of rotatable bonds is 6. The van der Waals surface area contributed by atoms with E-state index in [9.17, 15) is 9.59 Å². The van der Waals surface area contributed by atoms with Gasteiger partial charge < -0.3 is 9.80 Å². The molecule has 1 aromatic heterocycles. The van der Waals surface area contributed by atoms with Crippen LogP contribution in [-0.4, -0.2) is 39.2 Å². The van der Waals surface area contributed by atoms with Gasteiger partial charge in [-0.2, -0.15) is 0 Å². The summed E-state index contributed by atoms with van der Waals surface area (Å²) >= 11 is 0. The quantitative estimate of drug-likeness (QED) is 0.804. The average molecular weight is 351 g/mol.